The van der Waals surface area contributed by atoms with Crippen molar-refractivity contribution in [3.05, 3.63) is 75.3 Å². The van der Waals surface area contributed by atoms with Crippen molar-refractivity contribution in [2.24, 2.45) is 5.92 Å². The van der Waals surface area contributed by atoms with Gasteiger partial charge in [-0.1, -0.05) is 32.4 Å². The monoisotopic (exact) mass is 622 g/mol. The van der Waals surface area contributed by atoms with E-state index >= 15 is 0 Å². The number of carbonyl (C=O) groups excluding carboxylic acids is 4. The molecule has 2 aliphatic heterocycles. The molecule has 0 saturated heterocycles. The van der Waals surface area contributed by atoms with Gasteiger partial charge in [0.15, 0.2) is 0 Å². The molecule has 14 heteroatoms. The van der Waals surface area contributed by atoms with Crippen molar-refractivity contribution in [2.45, 2.75) is 45.1 Å². The Balaban J connectivity index is 1.90. The molecule has 2 aliphatic rings. The molecule has 232 valence electrons. The topological polar surface area (TPSA) is 115 Å². The predicted octanol–water partition coefficient (Wildman–Crippen LogP) is 5.22. The van der Waals surface area contributed by atoms with Gasteiger partial charge in [-0.25, -0.2) is 4.90 Å². The molecule has 2 atom stereocenters. The molecule has 0 spiro atoms. The molecule has 8 nitrogen and oxygen atoms in total. The number of amides is 4. The lowest BCUT2D eigenvalue weighted by Gasteiger charge is -2.38. The summed E-state index contributed by atoms with van der Waals surface area (Å²) >= 11 is 0. The Bertz CT molecular complexity index is 1730. The van der Waals surface area contributed by atoms with Gasteiger partial charge >= 0.3 is 12.4 Å². The maximum atomic E-state index is 14.6. The van der Waals surface area contributed by atoms with Gasteiger partial charge in [0.05, 0.1) is 40.6 Å². The van der Waals surface area contributed by atoms with Gasteiger partial charge in [0.25, 0.3) is 23.6 Å². The Kier molecular flexibility index (Phi) is 7.57. The maximum absolute atomic E-state index is 14.6. The lowest BCUT2D eigenvalue weighted by atomic mass is 9.80. The number of hydrogen-bond acceptors (Lipinski definition) is 6. The van der Waals surface area contributed by atoms with Gasteiger partial charge in [-0.2, -0.15) is 26.3 Å². The van der Waals surface area contributed by atoms with E-state index in [1.807, 2.05) is 0 Å². The van der Waals surface area contributed by atoms with E-state index in [1.54, 1.807) is 6.92 Å². The Morgan fingerprint density at radius 2 is 1.25 bits per heavy atom. The van der Waals surface area contributed by atoms with Crippen LogP contribution in [0, 0.1) is 5.92 Å². The first kappa shape index (κ1) is 31.1. The molecule has 0 aliphatic carbocycles. The zero-order valence-corrected chi connectivity index (χ0v) is 23.1. The van der Waals surface area contributed by atoms with Crippen LogP contribution in [-0.4, -0.2) is 58.0 Å². The van der Waals surface area contributed by atoms with Gasteiger partial charge in [0.2, 0.25) is 0 Å². The molecule has 5 rings (SSSR count). The van der Waals surface area contributed by atoms with E-state index in [-0.39, 0.29) is 37.3 Å². The van der Waals surface area contributed by atoms with Crippen LogP contribution in [0.5, 0.6) is 0 Å². The number of alkyl halides is 6. The van der Waals surface area contributed by atoms with Crippen molar-refractivity contribution in [1.29, 1.82) is 0 Å². The van der Waals surface area contributed by atoms with Gasteiger partial charge in [-0.15, -0.1) is 0 Å². The molecule has 0 aromatic heterocycles. The zero-order valence-electron chi connectivity index (χ0n) is 23.1. The molecule has 2 unspecified atom stereocenters. The summed E-state index contributed by atoms with van der Waals surface area (Å²) < 4.78 is 87.4. The van der Waals surface area contributed by atoms with Crippen LogP contribution in [0.4, 0.5) is 32.0 Å². The highest BCUT2D eigenvalue weighted by atomic mass is 19.4. The molecule has 2 heterocycles. The van der Waals surface area contributed by atoms with E-state index in [1.165, 1.54) is 31.2 Å². The van der Waals surface area contributed by atoms with Crippen LogP contribution < -0.4 is 4.90 Å². The minimum absolute atomic E-state index is 0.177. The van der Waals surface area contributed by atoms with E-state index in [4.69, 9.17) is 5.11 Å². The number of aliphatic hydroxyl groups excluding tert-OH is 2. The van der Waals surface area contributed by atoms with Gasteiger partial charge in [0.1, 0.15) is 0 Å². The fourth-order valence-corrected chi connectivity index (χ4v) is 5.80. The molecule has 0 bridgehead atoms. The number of rotatable bonds is 7. The molecular weight excluding hydrogens is 598 g/mol. The molecule has 44 heavy (non-hydrogen) atoms. The smallest absolute Gasteiger partial charge is 0.396 e. The molecule has 0 saturated carbocycles. The molecule has 4 amide bonds. The van der Waals surface area contributed by atoms with E-state index in [0.717, 1.165) is 0 Å². The van der Waals surface area contributed by atoms with Gasteiger partial charge < -0.3 is 10.2 Å². The predicted molar refractivity (Wildman–Crippen MR) is 143 cm³/mol. The van der Waals surface area contributed by atoms with Crippen LogP contribution in [0.1, 0.15) is 78.4 Å². The van der Waals surface area contributed by atoms with Crippen molar-refractivity contribution in [3.8, 4) is 0 Å². The van der Waals surface area contributed by atoms with Crippen molar-refractivity contribution >= 4 is 40.1 Å². The number of carbonyl (C=O) groups is 4. The summed E-state index contributed by atoms with van der Waals surface area (Å²) in [6.07, 6.45) is -10.2. The maximum Gasteiger partial charge on any atom is 0.417 e. The number of aliphatic hydroxyl groups is 2. The van der Waals surface area contributed by atoms with E-state index < -0.39 is 98.7 Å². The number of halogens is 6. The van der Waals surface area contributed by atoms with Gasteiger partial charge in [0, 0.05) is 28.5 Å². The third kappa shape index (κ3) is 4.63. The SMILES string of the molecule is CCC(C)C(CO)N1C(=O)c2cc(C(F)(F)F)c3c4c(cc(C(F)(F)F)c(c24)C1=O)C(=O)N(c1ccc(CCO)cc1)C3=O. The highest BCUT2D eigenvalue weighted by Gasteiger charge is 2.51. The van der Waals surface area contributed by atoms with E-state index in [0.29, 0.717) is 15.4 Å². The molecule has 0 fully saturated rings. The quantitative estimate of drug-likeness (QED) is 0.276. The van der Waals surface area contributed by atoms with Crippen LogP contribution in [-0.2, 0) is 18.8 Å². The van der Waals surface area contributed by atoms with Crippen LogP contribution in [0.2, 0.25) is 0 Å². The summed E-state index contributed by atoms with van der Waals surface area (Å²) in [7, 11) is 0. The number of hydrogen-bond donors (Lipinski definition) is 2. The summed E-state index contributed by atoms with van der Waals surface area (Å²) in [6.45, 7) is 2.00. The minimum atomic E-state index is -5.33. The fraction of sp³-hybridized carbons (Fsp3) is 0.333. The number of imide groups is 2. The van der Waals surface area contributed by atoms with Crippen LogP contribution in [0.3, 0.4) is 0 Å². The summed E-state index contributed by atoms with van der Waals surface area (Å²) in [5, 5.41) is 17.4. The first-order valence-electron chi connectivity index (χ1n) is 13.5. The number of nitrogens with zero attached hydrogens (tertiary/aromatic N) is 2. The van der Waals surface area contributed by atoms with Crippen molar-refractivity contribution < 1.29 is 55.7 Å². The highest BCUT2D eigenvalue weighted by Crippen LogP contribution is 2.48. The average Bonchev–Trinajstić information content (AvgIpc) is 2.96. The normalized spacial score (nSPS) is 16.7. The summed E-state index contributed by atoms with van der Waals surface area (Å²) in [5.41, 5.74) is -7.36. The van der Waals surface area contributed by atoms with Crippen LogP contribution in [0.15, 0.2) is 36.4 Å². The van der Waals surface area contributed by atoms with Crippen molar-refractivity contribution in [3.63, 3.8) is 0 Å². The summed E-state index contributed by atoms with van der Waals surface area (Å²) in [5.74, 6) is -6.48. The van der Waals surface area contributed by atoms with Crippen molar-refractivity contribution in [2.75, 3.05) is 18.1 Å². The molecule has 3 aromatic carbocycles. The fourth-order valence-electron chi connectivity index (χ4n) is 5.80. The largest absolute Gasteiger partial charge is 0.417 e. The third-order valence-corrected chi connectivity index (χ3v) is 8.16. The standard InChI is InChI=1S/C30H24F6N2O6/c1-3-13(2)20(12-40)38-26(42)17-11-18(29(31,32)33)23-21-16(10-19(30(34,35)36)24(22(17)21)28(38)44)25(41)37(27(23)43)15-6-4-14(5-7-15)8-9-39/h4-7,10-11,13,20,39-40H,3,8-9,12H2,1-2H3. The minimum Gasteiger partial charge on any atom is -0.396 e. The van der Waals surface area contributed by atoms with Crippen molar-refractivity contribution in [1.82, 2.24) is 4.90 Å². The molecule has 3 aromatic rings. The molecule has 2 N–H and O–H groups in total. The first-order valence-corrected chi connectivity index (χ1v) is 13.5. The van der Waals surface area contributed by atoms with E-state index in [9.17, 15) is 50.6 Å². The molecule has 0 radical (unpaired) electrons. The lowest BCUT2D eigenvalue weighted by Crippen LogP contribution is -2.52. The Morgan fingerprint density at radius 3 is 1.70 bits per heavy atom. The van der Waals surface area contributed by atoms with Crippen LogP contribution in [0.25, 0.3) is 10.8 Å². The zero-order chi connectivity index (χ0) is 32.5. The first-order chi connectivity index (χ1) is 20.6. The van der Waals surface area contributed by atoms with Gasteiger partial charge in [-0.05, 0) is 42.2 Å². The number of anilines is 1. The lowest BCUT2D eigenvalue weighted by molar-refractivity contribution is -0.139. The second-order valence-electron chi connectivity index (χ2n) is 10.6. The Hall–Kier alpha value is -4.30. The second kappa shape index (κ2) is 10.7. The third-order valence-electron chi connectivity index (χ3n) is 8.16. The second-order valence-corrected chi connectivity index (χ2v) is 10.6. The van der Waals surface area contributed by atoms with Gasteiger partial charge in [-0.3, -0.25) is 24.1 Å². The Labute approximate surface area is 245 Å². The summed E-state index contributed by atoms with van der Waals surface area (Å²) in [6, 6.07) is 4.24. The van der Waals surface area contributed by atoms with Crippen LogP contribution >= 0.6 is 0 Å². The highest BCUT2D eigenvalue weighted by molar-refractivity contribution is 6.40. The number of benzene rings is 3. The van der Waals surface area contributed by atoms with E-state index in [2.05, 4.69) is 0 Å². The summed E-state index contributed by atoms with van der Waals surface area (Å²) in [4.78, 5) is 55.5. The Morgan fingerprint density at radius 1 is 0.750 bits per heavy atom. The molecular formula is C30H24F6N2O6. The average molecular weight is 623 g/mol.